The second kappa shape index (κ2) is 9.92. The minimum absolute atomic E-state index is 0.547. The van der Waals surface area contributed by atoms with Gasteiger partial charge >= 0.3 is 0 Å². The standard InChI is InChI=1S/C15H25NO2/c1-2-3-4-5-9-17-10-11-18-15-8-6-7-14(12-15)13-16/h6-8,12H,2-5,9-11,13,16H2,1H3. The normalized spacial score (nSPS) is 10.6. The fourth-order valence-electron chi connectivity index (χ4n) is 1.71. The van der Waals surface area contributed by atoms with Crippen molar-refractivity contribution < 1.29 is 9.47 Å². The van der Waals surface area contributed by atoms with E-state index in [1.807, 2.05) is 24.3 Å². The molecule has 0 aromatic heterocycles. The minimum Gasteiger partial charge on any atom is -0.491 e. The van der Waals surface area contributed by atoms with E-state index in [-0.39, 0.29) is 0 Å². The van der Waals surface area contributed by atoms with Gasteiger partial charge in [0.2, 0.25) is 0 Å². The van der Waals surface area contributed by atoms with E-state index in [0.29, 0.717) is 19.8 Å². The van der Waals surface area contributed by atoms with Gasteiger partial charge in [-0.1, -0.05) is 38.3 Å². The molecule has 0 aliphatic heterocycles. The smallest absolute Gasteiger partial charge is 0.119 e. The van der Waals surface area contributed by atoms with Crippen molar-refractivity contribution in [2.24, 2.45) is 5.73 Å². The molecule has 0 aliphatic carbocycles. The molecular weight excluding hydrogens is 226 g/mol. The van der Waals surface area contributed by atoms with Gasteiger partial charge in [-0.3, -0.25) is 0 Å². The molecule has 0 fully saturated rings. The van der Waals surface area contributed by atoms with Crippen LogP contribution in [0.25, 0.3) is 0 Å². The van der Waals surface area contributed by atoms with E-state index >= 15 is 0 Å². The fraction of sp³-hybridized carbons (Fsp3) is 0.600. The molecule has 0 unspecified atom stereocenters. The molecule has 18 heavy (non-hydrogen) atoms. The molecule has 0 radical (unpaired) electrons. The van der Waals surface area contributed by atoms with Crippen molar-refractivity contribution in [3.63, 3.8) is 0 Å². The van der Waals surface area contributed by atoms with Crippen LogP contribution in [0.5, 0.6) is 5.75 Å². The Balaban J connectivity index is 2.03. The van der Waals surface area contributed by atoms with Crippen molar-refractivity contribution in [3.05, 3.63) is 29.8 Å². The SMILES string of the molecule is CCCCCCOCCOc1cccc(CN)c1. The first-order chi connectivity index (χ1) is 8.86. The number of hydrogen-bond donors (Lipinski definition) is 1. The van der Waals surface area contributed by atoms with Gasteiger partial charge in [0.1, 0.15) is 12.4 Å². The molecule has 0 bridgehead atoms. The lowest BCUT2D eigenvalue weighted by molar-refractivity contribution is 0.0971. The molecule has 1 aromatic rings. The Morgan fingerprint density at radius 2 is 1.94 bits per heavy atom. The van der Waals surface area contributed by atoms with Crippen LogP contribution >= 0.6 is 0 Å². The van der Waals surface area contributed by atoms with Crippen molar-refractivity contribution in [2.75, 3.05) is 19.8 Å². The average Bonchev–Trinajstić information content (AvgIpc) is 2.42. The predicted molar refractivity (Wildman–Crippen MR) is 74.8 cm³/mol. The highest BCUT2D eigenvalue weighted by atomic mass is 16.5. The zero-order valence-corrected chi connectivity index (χ0v) is 11.4. The second-order valence-corrected chi connectivity index (χ2v) is 4.37. The Morgan fingerprint density at radius 3 is 2.72 bits per heavy atom. The first-order valence-electron chi connectivity index (χ1n) is 6.86. The fourth-order valence-corrected chi connectivity index (χ4v) is 1.71. The van der Waals surface area contributed by atoms with Crippen molar-refractivity contribution in [1.82, 2.24) is 0 Å². The summed E-state index contributed by atoms with van der Waals surface area (Å²) < 4.78 is 11.1. The van der Waals surface area contributed by atoms with E-state index in [0.717, 1.165) is 24.3 Å². The van der Waals surface area contributed by atoms with Gasteiger partial charge in [-0.15, -0.1) is 0 Å². The lowest BCUT2D eigenvalue weighted by Crippen LogP contribution is -2.08. The second-order valence-electron chi connectivity index (χ2n) is 4.37. The Morgan fingerprint density at radius 1 is 1.06 bits per heavy atom. The number of ether oxygens (including phenoxy) is 2. The van der Waals surface area contributed by atoms with E-state index in [2.05, 4.69) is 6.92 Å². The summed E-state index contributed by atoms with van der Waals surface area (Å²) in [6.45, 7) is 4.85. The van der Waals surface area contributed by atoms with Gasteiger partial charge in [-0.05, 0) is 24.1 Å². The van der Waals surface area contributed by atoms with Crippen molar-refractivity contribution in [3.8, 4) is 5.75 Å². The third-order valence-electron chi connectivity index (χ3n) is 2.77. The Bertz CT molecular complexity index is 315. The third kappa shape index (κ3) is 6.62. The first-order valence-corrected chi connectivity index (χ1v) is 6.86. The van der Waals surface area contributed by atoms with Crippen LogP contribution in [-0.2, 0) is 11.3 Å². The number of nitrogens with two attached hydrogens (primary N) is 1. The van der Waals surface area contributed by atoms with Gasteiger partial charge < -0.3 is 15.2 Å². The molecule has 3 nitrogen and oxygen atoms in total. The molecule has 102 valence electrons. The van der Waals surface area contributed by atoms with Crippen molar-refractivity contribution in [2.45, 2.75) is 39.2 Å². The maximum Gasteiger partial charge on any atom is 0.119 e. The summed E-state index contributed by atoms with van der Waals surface area (Å²) in [5.41, 5.74) is 6.66. The van der Waals surface area contributed by atoms with Crippen LogP contribution in [0.15, 0.2) is 24.3 Å². The lowest BCUT2D eigenvalue weighted by atomic mass is 10.2. The van der Waals surface area contributed by atoms with Crippen LogP contribution in [0.1, 0.15) is 38.2 Å². The largest absolute Gasteiger partial charge is 0.491 e. The van der Waals surface area contributed by atoms with Crippen LogP contribution in [0.2, 0.25) is 0 Å². The molecule has 2 N–H and O–H groups in total. The Labute approximate surface area is 110 Å². The van der Waals surface area contributed by atoms with Crippen molar-refractivity contribution >= 4 is 0 Å². The molecule has 0 amide bonds. The van der Waals surface area contributed by atoms with Gasteiger partial charge in [0.05, 0.1) is 6.61 Å². The quantitative estimate of drug-likeness (QED) is 0.650. The molecular formula is C15H25NO2. The van der Waals surface area contributed by atoms with E-state index < -0.39 is 0 Å². The number of hydrogen-bond acceptors (Lipinski definition) is 3. The summed E-state index contributed by atoms with van der Waals surface area (Å²) in [7, 11) is 0. The number of benzene rings is 1. The average molecular weight is 251 g/mol. The van der Waals surface area contributed by atoms with Crippen LogP contribution in [0.3, 0.4) is 0 Å². The lowest BCUT2D eigenvalue weighted by Gasteiger charge is -2.08. The number of unbranched alkanes of at least 4 members (excludes halogenated alkanes) is 3. The summed E-state index contributed by atoms with van der Waals surface area (Å²) in [5.74, 6) is 0.868. The first kappa shape index (κ1) is 15.0. The predicted octanol–water partition coefficient (Wildman–Crippen LogP) is 3.12. The van der Waals surface area contributed by atoms with Crippen LogP contribution in [-0.4, -0.2) is 19.8 Å². The van der Waals surface area contributed by atoms with Gasteiger partial charge in [0.15, 0.2) is 0 Å². The topological polar surface area (TPSA) is 44.5 Å². The molecule has 0 spiro atoms. The molecule has 0 saturated heterocycles. The summed E-state index contributed by atoms with van der Waals surface area (Å²) in [6, 6.07) is 7.88. The monoisotopic (exact) mass is 251 g/mol. The van der Waals surface area contributed by atoms with Gasteiger partial charge in [0.25, 0.3) is 0 Å². The van der Waals surface area contributed by atoms with Gasteiger partial charge in [-0.2, -0.15) is 0 Å². The zero-order valence-electron chi connectivity index (χ0n) is 11.4. The number of rotatable bonds is 10. The summed E-state index contributed by atoms with van der Waals surface area (Å²) >= 11 is 0. The Kier molecular flexibility index (Phi) is 8.26. The molecule has 0 heterocycles. The van der Waals surface area contributed by atoms with Crippen LogP contribution in [0.4, 0.5) is 0 Å². The molecule has 1 rings (SSSR count). The van der Waals surface area contributed by atoms with Gasteiger partial charge in [-0.25, -0.2) is 0 Å². The van der Waals surface area contributed by atoms with E-state index in [1.165, 1.54) is 19.3 Å². The van der Waals surface area contributed by atoms with Crippen molar-refractivity contribution in [1.29, 1.82) is 0 Å². The highest BCUT2D eigenvalue weighted by molar-refractivity contribution is 5.28. The highest BCUT2D eigenvalue weighted by Gasteiger charge is 1.96. The molecule has 0 saturated carbocycles. The zero-order chi connectivity index (χ0) is 13.1. The van der Waals surface area contributed by atoms with Gasteiger partial charge in [0, 0.05) is 13.2 Å². The highest BCUT2D eigenvalue weighted by Crippen LogP contribution is 2.12. The minimum atomic E-state index is 0.547. The maximum absolute atomic E-state index is 5.60. The van der Waals surface area contributed by atoms with E-state index in [9.17, 15) is 0 Å². The Hall–Kier alpha value is -1.06. The summed E-state index contributed by atoms with van der Waals surface area (Å²) in [5, 5.41) is 0. The third-order valence-corrected chi connectivity index (χ3v) is 2.77. The van der Waals surface area contributed by atoms with E-state index in [1.54, 1.807) is 0 Å². The molecule has 1 aromatic carbocycles. The summed E-state index contributed by atoms with van der Waals surface area (Å²) in [4.78, 5) is 0. The molecule has 0 atom stereocenters. The molecule has 3 heteroatoms. The van der Waals surface area contributed by atoms with Crippen LogP contribution < -0.4 is 10.5 Å². The molecule has 0 aliphatic rings. The van der Waals surface area contributed by atoms with E-state index in [4.69, 9.17) is 15.2 Å². The summed E-state index contributed by atoms with van der Waals surface area (Å²) in [6.07, 6.45) is 4.97. The maximum atomic E-state index is 5.60. The van der Waals surface area contributed by atoms with Crippen LogP contribution in [0, 0.1) is 0 Å².